The van der Waals surface area contributed by atoms with Crippen LogP contribution in [0.15, 0.2) is 65.7 Å². The normalized spacial score (nSPS) is 13.5. The number of hydrogen-bond donors (Lipinski definition) is 1. The van der Waals surface area contributed by atoms with Crippen molar-refractivity contribution in [1.29, 1.82) is 0 Å². The van der Waals surface area contributed by atoms with Crippen molar-refractivity contribution >= 4 is 23.4 Å². The van der Waals surface area contributed by atoms with Crippen molar-refractivity contribution in [3.8, 4) is 17.0 Å². The maximum absolute atomic E-state index is 12.2. The van der Waals surface area contributed by atoms with Gasteiger partial charge in [0.1, 0.15) is 10.8 Å². The summed E-state index contributed by atoms with van der Waals surface area (Å²) in [7, 11) is 1.65. The molecule has 1 saturated heterocycles. The van der Waals surface area contributed by atoms with E-state index in [1.165, 1.54) is 36.7 Å². The third-order valence-corrected chi connectivity index (χ3v) is 6.69. The number of hydrogen-bond acceptors (Lipinski definition) is 6. The Morgan fingerprint density at radius 2 is 1.73 bits per heavy atom. The molecule has 0 bridgehead atoms. The Hall–Kier alpha value is -3.06. The van der Waals surface area contributed by atoms with Gasteiger partial charge in [-0.2, -0.15) is 0 Å². The van der Waals surface area contributed by atoms with E-state index in [1.807, 2.05) is 36.4 Å². The van der Waals surface area contributed by atoms with Crippen LogP contribution in [0.5, 0.6) is 5.75 Å². The number of nitrogens with one attached hydrogen (secondary N) is 1. The van der Waals surface area contributed by atoms with Gasteiger partial charge in [0.25, 0.3) is 0 Å². The molecule has 1 N–H and O–H groups in total. The predicted molar refractivity (Wildman–Crippen MR) is 134 cm³/mol. The fourth-order valence-electron chi connectivity index (χ4n) is 3.88. The summed E-state index contributed by atoms with van der Waals surface area (Å²) < 4.78 is 5.16. The van der Waals surface area contributed by atoms with Crippen molar-refractivity contribution < 1.29 is 9.53 Å². The summed E-state index contributed by atoms with van der Waals surface area (Å²) >= 11 is 1.40. The topological polar surface area (TPSA) is 67.3 Å². The minimum Gasteiger partial charge on any atom is -0.497 e. The molecule has 1 aliphatic heterocycles. The van der Waals surface area contributed by atoms with E-state index >= 15 is 0 Å². The highest BCUT2D eigenvalue weighted by molar-refractivity contribution is 7.99. The number of piperidine rings is 1. The van der Waals surface area contributed by atoms with Crippen LogP contribution in [0.1, 0.15) is 24.8 Å². The average molecular weight is 463 g/mol. The van der Waals surface area contributed by atoms with Gasteiger partial charge in [-0.15, -0.1) is 10.2 Å². The number of rotatable bonds is 9. The van der Waals surface area contributed by atoms with Crippen molar-refractivity contribution in [1.82, 2.24) is 15.5 Å². The third kappa shape index (κ3) is 6.71. The zero-order valence-corrected chi connectivity index (χ0v) is 19.8. The molecule has 4 rings (SSSR count). The Morgan fingerprint density at radius 3 is 2.39 bits per heavy atom. The SMILES string of the molecule is COc1ccc(CCNC(=O)CSc2ccc(-c3ccc(N4CCCCC4)cc3)nn2)cc1. The quantitative estimate of drug-likeness (QED) is 0.469. The Morgan fingerprint density at radius 1 is 0.970 bits per heavy atom. The maximum Gasteiger partial charge on any atom is 0.230 e. The van der Waals surface area contributed by atoms with Crippen LogP contribution in [0.2, 0.25) is 0 Å². The summed E-state index contributed by atoms with van der Waals surface area (Å²) in [6, 6.07) is 20.3. The predicted octanol–water partition coefficient (Wildman–Crippen LogP) is 4.59. The molecule has 6 nitrogen and oxygen atoms in total. The van der Waals surface area contributed by atoms with Gasteiger partial charge in [0.15, 0.2) is 0 Å². The van der Waals surface area contributed by atoms with E-state index in [9.17, 15) is 4.79 Å². The highest BCUT2D eigenvalue weighted by Crippen LogP contribution is 2.25. The van der Waals surface area contributed by atoms with Gasteiger partial charge in [-0.05, 0) is 67.6 Å². The molecule has 1 amide bonds. The molecule has 2 heterocycles. The summed E-state index contributed by atoms with van der Waals surface area (Å²) in [5.41, 5.74) is 4.33. The van der Waals surface area contributed by atoms with Crippen LogP contribution in [0.3, 0.4) is 0 Å². The van der Waals surface area contributed by atoms with E-state index in [2.05, 4.69) is 44.7 Å². The fraction of sp³-hybridized carbons (Fsp3) is 0.346. The molecule has 0 radical (unpaired) electrons. The van der Waals surface area contributed by atoms with Gasteiger partial charge in [-0.3, -0.25) is 4.79 Å². The van der Waals surface area contributed by atoms with Crippen LogP contribution in [-0.4, -0.2) is 48.6 Å². The molecule has 1 aromatic heterocycles. The molecule has 0 spiro atoms. The number of thioether (sulfide) groups is 1. The molecule has 33 heavy (non-hydrogen) atoms. The number of carbonyl (C=O) groups is 1. The number of amides is 1. The number of benzene rings is 2. The van der Waals surface area contributed by atoms with Crippen molar-refractivity contribution in [2.75, 3.05) is 37.4 Å². The lowest BCUT2D eigenvalue weighted by Gasteiger charge is -2.28. The minimum absolute atomic E-state index is 0.00677. The second kappa shape index (κ2) is 11.7. The summed E-state index contributed by atoms with van der Waals surface area (Å²) in [4.78, 5) is 14.6. The van der Waals surface area contributed by atoms with Gasteiger partial charge in [0, 0.05) is 30.9 Å². The molecule has 0 unspecified atom stereocenters. The molecule has 7 heteroatoms. The Kier molecular flexibility index (Phi) is 8.19. The Labute approximate surface area is 199 Å². The van der Waals surface area contributed by atoms with Gasteiger partial charge in [0.05, 0.1) is 18.6 Å². The van der Waals surface area contributed by atoms with Crippen LogP contribution in [-0.2, 0) is 11.2 Å². The van der Waals surface area contributed by atoms with E-state index in [-0.39, 0.29) is 5.91 Å². The smallest absolute Gasteiger partial charge is 0.230 e. The van der Waals surface area contributed by atoms with Crippen molar-refractivity contribution in [3.63, 3.8) is 0 Å². The lowest BCUT2D eigenvalue weighted by molar-refractivity contribution is -0.118. The molecule has 0 saturated carbocycles. The largest absolute Gasteiger partial charge is 0.497 e. The number of aromatic nitrogens is 2. The van der Waals surface area contributed by atoms with Crippen LogP contribution in [0, 0.1) is 0 Å². The fourth-order valence-corrected chi connectivity index (χ4v) is 4.52. The summed E-state index contributed by atoms with van der Waals surface area (Å²) in [6.07, 6.45) is 4.66. The van der Waals surface area contributed by atoms with Crippen LogP contribution >= 0.6 is 11.8 Å². The van der Waals surface area contributed by atoms with E-state index < -0.39 is 0 Å². The monoisotopic (exact) mass is 462 g/mol. The summed E-state index contributed by atoms with van der Waals surface area (Å²) in [5, 5.41) is 12.4. The molecule has 0 aliphatic carbocycles. The van der Waals surface area contributed by atoms with Gasteiger partial charge in [0.2, 0.25) is 5.91 Å². The maximum atomic E-state index is 12.2. The lowest BCUT2D eigenvalue weighted by atomic mass is 10.1. The van der Waals surface area contributed by atoms with Crippen LogP contribution < -0.4 is 15.0 Å². The number of ether oxygens (including phenoxy) is 1. The zero-order chi connectivity index (χ0) is 22.9. The minimum atomic E-state index is -0.00677. The number of methoxy groups -OCH3 is 1. The van der Waals surface area contributed by atoms with Crippen molar-refractivity contribution in [2.24, 2.45) is 0 Å². The van der Waals surface area contributed by atoms with Crippen molar-refractivity contribution in [2.45, 2.75) is 30.7 Å². The molecular formula is C26H30N4O2S. The van der Waals surface area contributed by atoms with Gasteiger partial charge < -0.3 is 15.0 Å². The first-order chi connectivity index (χ1) is 16.2. The summed E-state index contributed by atoms with van der Waals surface area (Å²) in [5.74, 6) is 1.15. The molecule has 0 atom stereocenters. The molecule has 172 valence electrons. The van der Waals surface area contributed by atoms with E-state index in [4.69, 9.17) is 4.74 Å². The Bertz CT molecular complexity index is 1020. The first-order valence-corrected chi connectivity index (χ1v) is 12.4. The standard InChI is InChI=1S/C26H30N4O2S/c1-32-23-11-5-20(6-12-23)15-16-27-25(31)19-33-26-14-13-24(28-29-26)21-7-9-22(10-8-21)30-17-3-2-4-18-30/h5-14H,2-4,15-19H2,1H3,(H,27,31). The lowest BCUT2D eigenvalue weighted by Crippen LogP contribution is -2.29. The molecule has 1 aliphatic rings. The van der Waals surface area contributed by atoms with Gasteiger partial charge >= 0.3 is 0 Å². The average Bonchev–Trinajstić information content (AvgIpc) is 2.89. The molecule has 3 aromatic rings. The van der Waals surface area contributed by atoms with Gasteiger partial charge in [-0.25, -0.2) is 0 Å². The first-order valence-electron chi connectivity index (χ1n) is 11.4. The van der Waals surface area contributed by atoms with E-state index in [1.54, 1.807) is 7.11 Å². The number of nitrogens with zero attached hydrogens (tertiary/aromatic N) is 3. The van der Waals surface area contributed by atoms with Crippen LogP contribution in [0.4, 0.5) is 5.69 Å². The highest BCUT2D eigenvalue weighted by atomic mass is 32.2. The molecule has 1 fully saturated rings. The van der Waals surface area contributed by atoms with E-state index in [0.29, 0.717) is 12.3 Å². The number of anilines is 1. The molecular weight excluding hydrogens is 432 g/mol. The molecule has 2 aromatic carbocycles. The second-order valence-electron chi connectivity index (χ2n) is 8.09. The zero-order valence-electron chi connectivity index (χ0n) is 19.0. The van der Waals surface area contributed by atoms with Gasteiger partial charge in [-0.1, -0.05) is 36.0 Å². The highest BCUT2D eigenvalue weighted by Gasteiger charge is 2.11. The Balaban J connectivity index is 1.21. The van der Waals surface area contributed by atoms with Crippen molar-refractivity contribution in [3.05, 3.63) is 66.2 Å². The number of carbonyl (C=O) groups excluding carboxylic acids is 1. The first kappa shape index (κ1) is 23.1. The summed E-state index contributed by atoms with van der Waals surface area (Å²) in [6.45, 7) is 2.88. The third-order valence-electron chi connectivity index (χ3n) is 5.77. The van der Waals surface area contributed by atoms with Crippen LogP contribution in [0.25, 0.3) is 11.3 Å². The van der Waals surface area contributed by atoms with E-state index in [0.717, 1.165) is 47.1 Å². The second-order valence-corrected chi connectivity index (χ2v) is 9.08.